The van der Waals surface area contributed by atoms with Gasteiger partial charge in [0.25, 0.3) is 5.56 Å². The maximum absolute atomic E-state index is 12.8. The van der Waals surface area contributed by atoms with Crippen LogP contribution in [-0.2, 0) is 0 Å². The SMILES string of the molecule is COc1ncc(-c2ccc3ncc4c(=O)[nH]c(=O)n(C5CCNCC5)c4c3n2)cn1. The van der Waals surface area contributed by atoms with Crippen LogP contribution in [0.5, 0.6) is 6.01 Å². The summed E-state index contributed by atoms with van der Waals surface area (Å²) in [5.41, 5.74) is 2.04. The molecule has 0 aromatic carbocycles. The highest BCUT2D eigenvalue weighted by Crippen LogP contribution is 2.27. The van der Waals surface area contributed by atoms with Crippen LogP contribution in [0.15, 0.2) is 40.3 Å². The number of ether oxygens (including phenoxy) is 1. The average molecular weight is 405 g/mol. The average Bonchev–Trinajstić information content (AvgIpc) is 2.79. The monoisotopic (exact) mass is 405 g/mol. The van der Waals surface area contributed by atoms with Gasteiger partial charge in [-0.05, 0) is 38.1 Å². The van der Waals surface area contributed by atoms with E-state index < -0.39 is 11.2 Å². The molecule has 4 aromatic heterocycles. The first-order chi connectivity index (χ1) is 14.7. The molecule has 1 aliphatic rings. The highest BCUT2D eigenvalue weighted by atomic mass is 16.5. The lowest BCUT2D eigenvalue weighted by Gasteiger charge is -2.26. The Morgan fingerprint density at radius 2 is 1.83 bits per heavy atom. The number of hydrogen-bond donors (Lipinski definition) is 2. The van der Waals surface area contributed by atoms with Gasteiger partial charge in [-0.1, -0.05) is 0 Å². The molecule has 0 amide bonds. The van der Waals surface area contributed by atoms with Gasteiger partial charge in [0.2, 0.25) is 0 Å². The first-order valence-corrected chi connectivity index (χ1v) is 9.67. The summed E-state index contributed by atoms with van der Waals surface area (Å²) in [7, 11) is 1.50. The lowest BCUT2D eigenvalue weighted by Crippen LogP contribution is -2.38. The number of nitrogens with zero attached hydrogens (tertiary/aromatic N) is 5. The van der Waals surface area contributed by atoms with Crippen LogP contribution in [0.3, 0.4) is 0 Å². The van der Waals surface area contributed by atoms with Crippen LogP contribution < -0.4 is 21.3 Å². The fraction of sp³-hybridized carbons (Fsp3) is 0.300. The van der Waals surface area contributed by atoms with Crippen molar-refractivity contribution < 1.29 is 4.74 Å². The maximum Gasteiger partial charge on any atom is 0.329 e. The quantitative estimate of drug-likeness (QED) is 0.484. The predicted octanol–water partition coefficient (Wildman–Crippen LogP) is 1.02. The molecule has 152 valence electrons. The lowest BCUT2D eigenvalue weighted by molar-refractivity contribution is 0.365. The third-order valence-electron chi connectivity index (χ3n) is 5.39. The van der Waals surface area contributed by atoms with Crippen LogP contribution in [0, 0.1) is 0 Å². The fourth-order valence-corrected chi connectivity index (χ4v) is 3.92. The molecular formula is C20H19N7O3. The number of methoxy groups -OCH3 is 1. The normalized spacial score (nSPS) is 15.0. The molecule has 10 heteroatoms. The van der Waals surface area contributed by atoms with Gasteiger partial charge in [-0.25, -0.2) is 19.7 Å². The molecule has 2 N–H and O–H groups in total. The molecule has 0 radical (unpaired) electrons. The number of piperidine rings is 1. The van der Waals surface area contributed by atoms with E-state index in [2.05, 4.69) is 25.3 Å². The lowest BCUT2D eigenvalue weighted by atomic mass is 10.1. The van der Waals surface area contributed by atoms with E-state index in [1.165, 1.54) is 13.3 Å². The predicted molar refractivity (Wildman–Crippen MR) is 111 cm³/mol. The van der Waals surface area contributed by atoms with E-state index in [0.717, 1.165) is 25.9 Å². The van der Waals surface area contributed by atoms with Crippen molar-refractivity contribution in [2.24, 2.45) is 0 Å². The summed E-state index contributed by atoms with van der Waals surface area (Å²) in [5.74, 6) is 0. The van der Waals surface area contributed by atoms with Crippen molar-refractivity contribution in [1.82, 2.24) is 34.8 Å². The van der Waals surface area contributed by atoms with Crippen molar-refractivity contribution in [3.05, 3.63) is 51.6 Å². The molecule has 5 rings (SSSR count). The summed E-state index contributed by atoms with van der Waals surface area (Å²) in [5, 5.41) is 3.64. The molecule has 1 saturated heterocycles. The first-order valence-electron chi connectivity index (χ1n) is 9.67. The zero-order valence-electron chi connectivity index (χ0n) is 16.3. The largest absolute Gasteiger partial charge is 0.467 e. The Hall–Kier alpha value is -3.66. The van der Waals surface area contributed by atoms with Gasteiger partial charge in [-0.3, -0.25) is 19.3 Å². The Bertz CT molecular complexity index is 1360. The molecule has 4 aromatic rings. The van der Waals surface area contributed by atoms with Gasteiger partial charge in [0.1, 0.15) is 5.52 Å². The van der Waals surface area contributed by atoms with E-state index in [1.54, 1.807) is 17.0 Å². The van der Waals surface area contributed by atoms with E-state index >= 15 is 0 Å². The molecule has 0 saturated carbocycles. The minimum Gasteiger partial charge on any atom is -0.467 e. The van der Waals surface area contributed by atoms with E-state index in [-0.39, 0.29) is 12.1 Å². The summed E-state index contributed by atoms with van der Waals surface area (Å²) in [6, 6.07) is 3.86. The molecule has 0 spiro atoms. The molecule has 0 atom stereocenters. The minimum atomic E-state index is -0.463. The van der Waals surface area contributed by atoms with Gasteiger partial charge in [0.05, 0.1) is 29.2 Å². The molecule has 5 heterocycles. The highest BCUT2D eigenvalue weighted by molar-refractivity contribution is 6.01. The number of hydrogen-bond acceptors (Lipinski definition) is 8. The smallest absolute Gasteiger partial charge is 0.329 e. The third-order valence-corrected chi connectivity index (χ3v) is 5.39. The number of H-pyrrole nitrogens is 1. The van der Waals surface area contributed by atoms with Gasteiger partial charge in [0.15, 0.2) is 0 Å². The molecule has 1 fully saturated rings. The second-order valence-electron chi connectivity index (χ2n) is 7.15. The number of nitrogens with one attached hydrogen (secondary N) is 2. The molecule has 0 bridgehead atoms. The second-order valence-corrected chi connectivity index (χ2v) is 7.15. The van der Waals surface area contributed by atoms with Crippen molar-refractivity contribution in [1.29, 1.82) is 0 Å². The Morgan fingerprint density at radius 1 is 1.07 bits per heavy atom. The summed E-state index contributed by atoms with van der Waals surface area (Å²) in [6.45, 7) is 1.62. The van der Waals surface area contributed by atoms with Crippen LogP contribution in [0.2, 0.25) is 0 Å². The Labute approximate surface area is 170 Å². The van der Waals surface area contributed by atoms with Crippen LogP contribution >= 0.6 is 0 Å². The minimum absolute atomic E-state index is 0.0292. The number of rotatable bonds is 3. The topological polar surface area (TPSA) is 128 Å². The van der Waals surface area contributed by atoms with Crippen LogP contribution in [0.1, 0.15) is 18.9 Å². The summed E-state index contributed by atoms with van der Waals surface area (Å²) >= 11 is 0. The van der Waals surface area contributed by atoms with Crippen molar-refractivity contribution >= 4 is 21.9 Å². The summed E-state index contributed by atoms with van der Waals surface area (Å²) in [6.07, 6.45) is 6.32. The molecule has 10 nitrogen and oxygen atoms in total. The standard InChI is InChI=1S/C20H19N7O3/c1-30-19-23-8-11(9-24-19)14-2-3-15-16(25-14)17-13(10-22-15)18(28)26-20(29)27(17)12-4-6-21-7-5-12/h2-3,8-10,12,21H,4-7H2,1H3,(H,26,28,29). The Kier molecular flexibility index (Phi) is 4.47. The summed E-state index contributed by atoms with van der Waals surface area (Å²) < 4.78 is 6.68. The third kappa shape index (κ3) is 3.01. The van der Waals surface area contributed by atoms with Crippen LogP contribution in [0.25, 0.3) is 33.2 Å². The first kappa shape index (κ1) is 18.4. The van der Waals surface area contributed by atoms with E-state index in [9.17, 15) is 9.59 Å². The molecule has 0 aliphatic carbocycles. The van der Waals surface area contributed by atoms with E-state index in [1.807, 2.05) is 12.1 Å². The van der Waals surface area contributed by atoms with Crippen LogP contribution in [0.4, 0.5) is 0 Å². The van der Waals surface area contributed by atoms with Crippen LogP contribution in [-0.4, -0.2) is 49.7 Å². The van der Waals surface area contributed by atoms with Gasteiger partial charge < -0.3 is 10.1 Å². The second kappa shape index (κ2) is 7.30. The number of pyridine rings is 2. The molecule has 1 aliphatic heterocycles. The van der Waals surface area contributed by atoms with Gasteiger partial charge in [-0.15, -0.1) is 0 Å². The van der Waals surface area contributed by atoms with Crippen molar-refractivity contribution in [3.8, 4) is 17.3 Å². The maximum atomic E-state index is 12.8. The Morgan fingerprint density at radius 3 is 2.57 bits per heavy atom. The zero-order valence-corrected chi connectivity index (χ0v) is 16.3. The Balaban J connectivity index is 1.80. The van der Waals surface area contributed by atoms with E-state index in [4.69, 9.17) is 9.72 Å². The number of aromatic amines is 1. The van der Waals surface area contributed by atoms with Crippen molar-refractivity contribution in [3.63, 3.8) is 0 Å². The van der Waals surface area contributed by atoms with Crippen molar-refractivity contribution in [2.45, 2.75) is 18.9 Å². The fourth-order valence-electron chi connectivity index (χ4n) is 3.92. The van der Waals surface area contributed by atoms with E-state index in [0.29, 0.717) is 33.2 Å². The zero-order chi connectivity index (χ0) is 20.7. The number of aromatic nitrogens is 6. The number of fused-ring (bicyclic) bond motifs is 3. The highest BCUT2D eigenvalue weighted by Gasteiger charge is 2.22. The van der Waals surface area contributed by atoms with Gasteiger partial charge >= 0.3 is 11.7 Å². The van der Waals surface area contributed by atoms with Crippen molar-refractivity contribution in [2.75, 3.05) is 20.2 Å². The van der Waals surface area contributed by atoms with Gasteiger partial charge in [-0.2, -0.15) is 0 Å². The molecule has 0 unspecified atom stereocenters. The summed E-state index contributed by atoms with van der Waals surface area (Å²) in [4.78, 5) is 45.2. The molecule has 30 heavy (non-hydrogen) atoms. The molecular weight excluding hydrogens is 386 g/mol. The van der Waals surface area contributed by atoms with Gasteiger partial charge in [0, 0.05) is 30.2 Å².